The van der Waals surface area contributed by atoms with Crippen molar-refractivity contribution in [3.63, 3.8) is 0 Å². The predicted octanol–water partition coefficient (Wildman–Crippen LogP) is 2.90. The van der Waals surface area contributed by atoms with Crippen LogP contribution in [0.25, 0.3) is 16.9 Å². The Morgan fingerprint density at radius 2 is 2.18 bits per heavy atom. The summed E-state index contributed by atoms with van der Waals surface area (Å²) in [6.07, 6.45) is 6.18. The number of aliphatic hydroxyl groups excluding tert-OH is 1. The van der Waals surface area contributed by atoms with E-state index in [-0.39, 0.29) is 6.54 Å². The van der Waals surface area contributed by atoms with Crippen LogP contribution < -0.4 is 10.1 Å². The zero-order valence-corrected chi connectivity index (χ0v) is 18.9. The van der Waals surface area contributed by atoms with Crippen molar-refractivity contribution in [1.29, 1.82) is 0 Å². The SMILES string of the molecule is COCC[C@H](O)Cn1cc(NC(=O)c2cnn3cccnc23)c(-c2cc(Cl)ccc2OC)n1. The third-order valence-electron chi connectivity index (χ3n) is 5.00. The van der Waals surface area contributed by atoms with Crippen molar-refractivity contribution >= 4 is 28.8 Å². The molecule has 11 heteroatoms. The molecule has 0 fully saturated rings. The lowest BCUT2D eigenvalue weighted by molar-refractivity contribution is 0.0952. The van der Waals surface area contributed by atoms with Gasteiger partial charge in [0.15, 0.2) is 5.65 Å². The van der Waals surface area contributed by atoms with Gasteiger partial charge in [0.1, 0.15) is 17.0 Å². The Bertz CT molecular complexity index is 1270. The number of nitrogens with one attached hydrogen (secondary N) is 1. The second-order valence-corrected chi connectivity index (χ2v) is 7.73. The highest BCUT2D eigenvalue weighted by atomic mass is 35.5. The van der Waals surface area contributed by atoms with Crippen LogP contribution in [-0.2, 0) is 11.3 Å². The number of fused-ring (bicyclic) bond motifs is 1. The first-order chi connectivity index (χ1) is 16.0. The highest BCUT2D eigenvalue weighted by Gasteiger charge is 2.21. The van der Waals surface area contributed by atoms with Gasteiger partial charge in [-0.05, 0) is 30.7 Å². The normalized spacial score (nSPS) is 12.1. The van der Waals surface area contributed by atoms with E-state index in [0.29, 0.717) is 52.0 Å². The molecule has 0 bridgehead atoms. The summed E-state index contributed by atoms with van der Waals surface area (Å²) in [5, 5.41) is 22.5. The van der Waals surface area contributed by atoms with Crippen LogP contribution in [-0.4, -0.2) is 62.3 Å². The third kappa shape index (κ3) is 4.98. The van der Waals surface area contributed by atoms with E-state index in [4.69, 9.17) is 21.1 Å². The lowest BCUT2D eigenvalue weighted by Crippen LogP contribution is -2.18. The summed E-state index contributed by atoms with van der Waals surface area (Å²) in [7, 11) is 3.12. The predicted molar refractivity (Wildman–Crippen MR) is 123 cm³/mol. The number of nitrogens with zero attached hydrogens (tertiary/aromatic N) is 5. The quantitative estimate of drug-likeness (QED) is 0.386. The maximum atomic E-state index is 13.1. The van der Waals surface area contributed by atoms with E-state index in [1.807, 2.05) is 0 Å². The van der Waals surface area contributed by atoms with Gasteiger partial charge in [0.2, 0.25) is 0 Å². The third-order valence-corrected chi connectivity index (χ3v) is 5.24. The molecule has 172 valence electrons. The minimum atomic E-state index is -0.675. The second kappa shape index (κ2) is 9.99. The maximum absolute atomic E-state index is 13.1. The van der Waals surface area contributed by atoms with Crippen LogP contribution in [0.2, 0.25) is 5.02 Å². The fourth-order valence-electron chi connectivity index (χ4n) is 3.41. The van der Waals surface area contributed by atoms with Crippen LogP contribution >= 0.6 is 11.6 Å². The Morgan fingerprint density at radius 3 is 2.97 bits per heavy atom. The first-order valence-electron chi connectivity index (χ1n) is 10.2. The number of halogens is 1. The topological polar surface area (TPSA) is 116 Å². The van der Waals surface area contributed by atoms with Gasteiger partial charge < -0.3 is 19.9 Å². The molecule has 3 heterocycles. The highest BCUT2D eigenvalue weighted by Crippen LogP contribution is 2.36. The monoisotopic (exact) mass is 470 g/mol. The van der Waals surface area contributed by atoms with E-state index in [1.165, 1.54) is 10.7 Å². The Balaban J connectivity index is 1.71. The molecule has 4 rings (SSSR count). The van der Waals surface area contributed by atoms with Crippen molar-refractivity contribution in [3.8, 4) is 17.0 Å². The number of carbonyl (C=O) groups excluding carboxylic acids is 1. The molecule has 0 unspecified atom stereocenters. The summed E-state index contributed by atoms with van der Waals surface area (Å²) in [6, 6.07) is 6.87. The number of carbonyl (C=O) groups is 1. The van der Waals surface area contributed by atoms with Gasteiger partial charge in [-0.2, -0.15) is 10.2 Å². The molecule has 0 radical (unpaired) electrons. The van der Waals surface area contributed by atoms with E-state index >= 15 is 0 Å². The first kappa shape index (κ1) is 22.7. The van der Waals surface area contributed by atoms with Gasteiger partial charge in [-0.25, -0.2) is 9.50 Å². The Hall–Kier alpha value is -3.47. The number of hydrogen-bond acceptors (Lipinski definition) is 7. The van der Waals surface area contributed by atoms with E-state index < -0.39 is 12.0 Å². The van der Waals surface area contributed by atoms with E-state index in [2.05, 4.69) is 20.5 Å². The van der Waals surface area contributed by atoms with E-state index in [0.717, 1.165) is 0 Å². The molecule has 3 aromatic heterocycles. The Labute approximate surface area is 194 Å². The van der Waals surface area contributed by atoms with Gasteiger partial charge in [-0.1, -0.05) is 11.6 Å². The molecule has 0 aliphatic heterocycles. The van der Waals surface area contributed by atoms with E-state index in [1.54, 1.807) is 61.8 Å². The summed E-state index contributed by atoms with van der Waals surface area (Å²) in [5.74, 6) is 0.142. The van der Waals surface area contributed by atoms with Gasteiger partial charge in [0.05, 0.1) is 31.6 Å². The van der Waals surface area contributed by atoms with Crippen LogP contribution in [0.5, 0.6) is 5.75 Å². The second-order valence-electron chi connectivity index (χ2n) is 7.29. The minimum Gasteiger partial charge on any atom is -0.496 e. The van der Waals surface area contributed by atoms with Gasteiger partial charge in [-0.3, -0.25) is 9.48 Å². The molecular weight excluding hydrogens is 448 g/mol. The van der Waals surface area contributed by atoms with Gasteiger partial charge in [0, 0.05) is 42.9 Å². The summed E-state index contributed by atoms with van der Waals surface area (Å²) >= 11 is 6.23. The number of aromatic nitrogens is 5. The highest BCUT2D eigenvalue weighted by molar-refractivity contribution is 6.31. The Kier molecular flexibility index (Phi) is 6.87. The van der Waals surface area contributed by atoms with Crippen LogP contribution in [0.4, 0.5) is 5.69 Å². The minimum absolute atomic E-state index is 0.216. The summed E-state index contributed by atoms with van der Waals surface area (Å²) in [6.45, 7) is 0.635. The maximum Gasteiger partial charge on any atom is 0.261 e. The van der Waals surface area contributed by atoms with Gasteiger partial charge in [0.25, 0.3) is 5.91 Å². The van der Waals surface area contributed by atoms with Crippen molar-refractivity contribution in [2.45, 2.75) is 19.1 Å². The van der Waals surface area contributed by atoms with Gasteiger partial charge >= 0.3 is 0 Å². The van der Waals surface area contributed by atoms with Crippen molar-refractivity contribution in [3.05, 3.63) is 59.6 Å². The fraction of sp³-hybridized carbons (Fsp3) is 0.273. The van der Waals surface area contributed by atoms with Crippen molar-refractivity contribution in [2.24, 2.45) is 0 Å². The number of benzene rings is 1. The average molecular weight is 471 g/mol. The average Bonchev–Trinajstić information content (AvgIpc) is 3.41. The standard InChI is InChI=1S/C22H23ClN6O4/c1-32-9-6-15(30)12-28-13-18(20(27-28)16-10-14(23)4-5-19(16)33-2)26-22(31)17-11-25-29-8-3-7-24-21(17)29/h3-5,7-8,10-11,13,15,30H,6,9,12H2,1-2H3,(H,26,31)/t15-/m0/s1. The molecule has 1 aromatic carbocycles. The smallest absolute Gasteiger partial charge is 0.261 e. The zero-order valence-electron chi connectivity index (χ0n) is 18.1. The van der Waals surface area contributed by atoms with Crippen LogP contribution in [0.15, 0.2) is 49.1 Å². The molecule has 2 N–H and O–H groups in total. The number of methoxy groups -OCH3 is 2. The number of amides is 1. The van der Waals surface area contributed by atoms with Crippen LogP contribution in [0.1, 0.15) is 16.8 Å². The number of anilines is 1. The molecule has 33 heavy (non-hydrogen) atoms. The molecule has 10 nitrogen and oxygen atoms in total. The summed E-state index contributed by atoms with van der Waals surface area (Å²) in [5.41, 5.74) is 2.22. The van der Waals surface area contributed by atoms with Crippen molar-refractivity contribution in [2.75, 3.05) is 26.1 Å². The number of aliphatic hydroxyl groups is 1. The molecule has 4 aromatic rings. The molecular formula is C22H23ClN6O4. The number of rotatable bonds is 9. The largest absolute Gasteiger partial charge is 0.496 e. The molecule has 0 saturated heterocycles. The van der Waals surface area contributed by atoms with Crippen LogP contribution in [0.3, 0.4) is 0 Å². The zero-order chi connectivity index (χ0) is 23.4. The van der Waals surface area contributed by atoms with Crippen molar-refractivity contribution in [1.82, 2.24) is 24.4 Å². The van der Waals surface area contributed by atoms with E-state index in [9.17, 15) is 9.90 Å². The molecule has 0 saturated carbocycles. The first-order valence-corrected chi connectivity index (χ1v) is 10.6. The van der Waals surface area contributed by atoms with Crippen molar-refractivity contribution < 1.29 is 19.4 Å². The lowest BCUT2D eigenvalue weighted by Gasteiger charge is -2.10. The lowest BCUT2D eigenvalue weighted by atomic mass is 10.1. The summed E-state index contributed by atoms with van der Waals surface area (Å²) in [4.78, 5) is 17.3. The molecule has 0 aliphatic rings. The fourth-order valence-corrected chi connectivity index (χ4v) is 3.58. The summed E-state index contributed by atoms with van der Waals surface area (Å²) < 4.78 is 13.6. The molecule has 0 spiro atoms. The van der Waals surface area contributed by atoms with Gasteiger partial charge in [-0.15, -0.1) is 0 Å². The molecule has 1 atom stereocenters. The molecule has 0 aliphatic carbocycles. The molecule has 1 amide bonds. The Morgan fingerprint density at radius 1 is 1.33 bits per heavy atom. The number of hydrogen-bond donors (Lipinski definition) is 2. The number of ether oxygens (including phenoxy) is 2. The van der Waals surface area contributed by atoms with Crippen LogP contribution in [0, 0.1) is 0 Å².